The number of hydrogen-bond donors (Lipinski definition) is 1. The molecule has 1 N–H and O–H groups in total. The van der Waals surface area contributed by atoms with E-state index in [0.29, 0.717) is 5.03 Å². The van der Waals surface area contributed by atoms with Crippen LogP contribution in [0.25, 0.3) is 0 Å². The van der Waals surface area contributed by atoms with Crippen molar-refractivity contribution in [2.75, 3.05) is 0 Å². The normalized spacial score (nSPS) is 10.3. The van der Waals surface area contributed by atoms with Crippen molar-refractivity contribution in [3.63, 3.8) is 0 Å². The molecule has 0 aliphatic rings. The van der Waals surface area contributed by atoms with Gasteiger partial charge in [-0.1, -0.05) is 45.4 Å². The van der Waals surface area contributed by atoms with Gasteiger partial charge in [0.15, 0.2) is 5.69 Å². The first kappa shape index (κ1) is 13.4. The summed E-state index contributed by atoms with van der Waals surface area (Å²) >= 11 is 10.5. The predicted molar refractivity (Wildman–Crippen MR) is 74.5 cm³/mol. The molecule has 1 heterocycles. The summed E-state index contributed by atoms with van der Waals surface area (Å²) in [5, 5.41) is 9.67. The zero-order chi connectivity index (χ0) is 13.1. The first-order chi connectivity index (χ1) is 8.56. The molecule has 0 fully saturated rings. The molecule has 0 aliphatic heterocycles. The van der Waals surface area contributed by atoms with Crippen LogP contribution in [0.5, 0.6) is 0 Å². The smallest absolute Gasteiger partial charge is 0.356 e. The van der Waals surface area contributed by atoms with Gasteiger partial charge in [-0.15, -0.1) is 0 Å². The topological polar surface area (TPSA) is 50.2 Å². The largest absolute Gasteiger partial charge is 0.476 e. The molecule has 0 unspecified atom stereocenters. The summed E-state index contributed by atoms with van der Waals surface area (Å²) in [6, 6.07) is 10.9. The second-order valence-electron chi connectivity index (χ2n) is 3.34. The van der Waals surface area contributed by atoms with Crippen LogP contribution in [0.4, 0.5) is 0 Å². The number of halogens is 2. The standard InChI is InChI=1S/C12H7BrClNO2S/c13-7-2-1-3-8(6-7)18-10-5-4-9(14)11(15-10)12(16)17/h1-6H,(H,16,17). The van der Waals surface area contributed by atoms with E-state index in [1.165, 1.54) is 11.8 Å². The predicted octanol–water partition coefficient (Wildman–Crippen LogP) is 4.35. The first-order valence-electron chi connectivity index (χ1n) is 4.89. The lowest BCUT2D eigenvalue weighted by molar-refractivity contribution is 0.0690. The van der Waals surface area contributed by atoms with Crippen LogP contribution in [-0.2, 0) is 0 Å². The molecule has 1 aromatic carbocycles. The lowest BCUT2D eigenvalue weighted by Crippen LogP contribution is -2.01. The summed E-state index contributed by atoms with van der Waals surface area (Å²) in [5.74, 6) is -1.13. The van der Waals surface area contributed by atoms with Gasteiger partial charge >= 0.3 is 5.97 Å². The highest BCUT2D eigenvalue weighted by atomic mass is 79.9. The number of benzene rings is 1. The second-order valence-corrected chi connectivity index (χ2v) is 5.76. The van der Waals surface area contributed by atoms with E-state index in [0.717, 1.165) is 9.37 Å². The van der Waals surface area contributed by atoms with E-state index in [9.17, 15) is 4.79 Å². The van der Waals surface area contributed by atoms with E-state index in [2.05, 4.69) is 20.9 Å². The Morgan fingerprint density at radius 2 is 2.11 bits per heavy atom. The average molecular weight is 345 g/mol. The minimum absolute atomic E-state index is 0.128. The number of carboxylic acids is 1. The fourth-order valence-electron chi connectivity index (χ4n) is 1.28. The number of pyridine rings is 1. The maximum absolute atomic E-state index is 10.9. The van der Waals surface area contributed by atoms with E-state index in [4.69, 9.17) is 16.7 Å². The van der Waals surface area contributed by atoms with Gasteiger partial charge in [0, 0.05) is 9.37 Å². The lowest BCUT2D eigenvalue weighted by Gasteiger charge is -2.04. The number of carbonyl (C=O) groups is 1. The molecule has 0 spiro atoms. The average Bonchev–Trinajstić information content (AvgIpc) is 2.31. The Morgan fingerprint density at radius 1 is 1.33 bits per heavy atom. The van der Waals surface area contributed by atoms with Crippen molar-refractivity contribution in [2.45, 2.75) is 9.92 Å². The van der Waals surface area contributed by atoms with Crippen molar-refractivity contribution in [1.82, 2.24) is 4.98 Å². The molecular formula is C12H7BrClNO2S. The Labute approximate surface area is 121 Å². The Balaban J connectivity index is 2.30. The van der Waals surface area contributed by atoms with Gasteiger partial charge in [0.25, 0.3) is 0 Å². The molecule has 0 saturated carbocycles. The summed E-state index contributed by atoms with van der Waals surface area (Å²) in [6.07, 6.45) is 0. The van der Waals surface area contributed by atoms with Crippen LogP contribution >= 0.6 is 39.3 Å². The van der Waals surface area contributed by atoms with Crippen LogP contribution in [0.15, 0.2) is 50.8 Å². The Morgan fingerprint density at radius 3 is 2.78 bits per heavy atom. The van der Waals surface area contributed by atoms with Crippen LogP contribution < -0.4 is 0 Å². The number of hydrogen-bond acceptors (Lipinski definition) is 3. The third kappa shape index (κ3) is 3.25. The molecule has 0 aliphatic carbocycles. The molecule has 18 heavy (non-hydrogen) atoms. The van der Waals surface area contributed by atoms with Crippen molar-refractivity contribution in [3.05, 3.63) is 51.6 Å². The van der Waals surface area contributed by atoms with Gasteiger partial charge in [0.05, 0.1) is 5.02 Å². The molecule has 3 nitrogen and oxygen atoms in total. The molecule has 92 valence electrons. The Kier molecular flexibility index (Phi) is 4.27. The highest BCUT2D eigenvalue weighted by molar-refractivity contribution is 9.10. The van der Waals surface area contributed by atoms with Gasteiger partial charge in [0.1, 0.15) is 5.03 Å². The molecule has 0 saturated heterocycles. The quantitative estimate of drug-likeness (QED) is 0.899. The van der Waals surface area contributed by atoms with Gasteiger partial charge < -0.3 is 5.11 Å². The zero-order valence-electron chi connectivity index (χ0n) is 8.93. The van der Waals surface area contributed by atoms with E-state index in [1.54, 1.807) is 12.1 Å². The third-order valence-corrected chi connectivity index (χ3v) is 3.77. The molecule has 0 amide bonds. The van der Waals surface area contributed by atoms with Crippen LogP contribution in [0.2, 0.25) is 5.02 Å². The van der Waals surface area contributed by atoms with Crippen molar-refractivity contribution < 1.29 is 9.90 Å². The zero-order valence-corrected chi connectivity index (χ0v) is 12.1. The third-order valence-electron chi connectivity index (χ3n) is 2.04. The number of rotatable bonds is 3. The molecule has 0 bridgehead atoms. The van der Waals surface area contributed by atoms with E-state index < -0.39 is 5.97 Å². The van der Waals surface area contributed by atoms with Crippen molar-refractivity contribution >= 4 is 45.3 Å². The summed E-state index contributed by atoms with van der Waals surface area (Å²) < 4.78 is 0.958. The maximum Gasteiger partial charge on any atom is 0.356 e. The van der Waals surface area contributed by atoms with E-state index in [-0.39, 0.29) is 10.7 Å². The molecule has 6 heteroatoms. The summed E-state index contributed by atoms with van der Waals surface area (Å²) in [4.78, 5) is 15.9. The maximum atomic E-state index is 10.9. The van der Waals surface area contributed by atoms with Gasteiger partial charge in [-0.3, -0.25) is 0 Å². The summed E-state index contributed by atoms with van der Waals surface area (Å²) in [5.41, 5.74) is -0.128. The fraction of sp³-hybridized carbons (Fsp3) is 0. The minimum atomic E-state index is -1.13. The lowest BCUT2D eigenvalue weighted by atomic mass is 10.3. The van der Waals surface area contributed by atoms with Gasteiger partial charge in [-0.25, -0.2) is 9.78 Å². The van der Waals surface area contributed by atoms with Crippen LogP contribution in [-0.4, -0.2) is 16.1 Å². The van der Waals surface area contributed by atoms with E-state index >= 15 is 0 Å². The Hall–Kier alpha value is -1.04. The number of aromatic nitrogens is 1. The molecule has 0 radical (unpaired) electrons. The summed E-state index contributed by atoms with van der Waals surface area (Å²) in [6.45, 7) is 0. The highest BCUT2D eigenvalue weighted by Gasteiger charge is 2.12. The Bertz CT molecular complexity index is 606. The minimum Gasteiger partial charge on any atom is -0.476 e. The molecular weight excluding hydrogens is 338 g/mol. The van der Waals surface area contributed by atoms with Crippen LogP contribution in [0, 0.1) is 0 Å². The number of carboxylic acid groups (broad SMARTS) is 1. The molecule has 0 atom stereocenters. The fourth-order valence-corrected chi connectivity index (χ4v) is 2.87. The van der Waals surface area contributed by atoms with Crippen molar-refractivity contribution in [3.8, 4) is 0 Å². The van der Waals surface area contributed by atoms with Crippen molar-refractivity contribution in [2.24, 2.45) is 0 Å². The molecule has 2 aromatic rings. The summed E-state index contributed by atoms with van der Waals surface area (Å²) in [7, 11) is 0. The first-order valence-corrected chi connectivity index (χ1v) is 6.88. The highest BCUT2D eigenvalue weighted by Crippen LogP contribution is 2.29. The molecule has 2 rings (SSSR count). The van der Waals surface area contributed by atoms with Crippen LogP contribution in [0.1, 0.15) is 10.5 Å². The second kappa shape index (κ2) is 5.73. The number of aromatic carboxylic acids is 1. The number of nitrogens with zero attached hydrogens (tertiary/aromatic N) is 1. The van der Waals surface area contributed by atoms with E-state index in [1.807, 2.05) is 24.3 Å². The molecule has 1 aromatic heterocycles. The van der Waals surface area contributed by atoms with Gasteiger partial charge in [-0.2, -0.15) is 0 Å². The van der Waals surface area contributed by atoms with Gasteiger partial charge in [0.2, 0.25) is 0 Å². The monoisotopic (exact) mass is 343 g/mol. The SMILES string of the molecule is O=C(O)c1nc(Sc2cccc(Br)c2)ccc1Cl. The van der Waals surface area contributed by atoms with Gasteiger partial charge in [-0.05, 0) is 30.3 Å². The van der Waals surface area contributed by atoms with Crippen molar-refractivity contribution in [1.29, 1.82) is 0 Å². The van der Waals surface area contributed by atoms with Crippen LogP contribution in [0.3, 0.4) is 0 Å².